The molecule has 0 aliphatic heterocycles. The van der Waals surface area contributed by atoms with Crippen molar-refractivity contribution in [2.24, 2.45) is 0 Å². The summed E-state index contributed by atoms with van der Waals surface area (Å²) in [5.41, 5.74) is 3.18. The van der Waals surface area contributed by atoms with E-state index in [1.807, 2.05) is 0 Å². The Morgan fingerprint density at radius 3 is 1.53 bits per heavy atom. The molecular formula is C18H26Si. The van der Waals surface area contributed by atoms with E-state index in [0.29, 0.717) is 0 Å². The van der Waals surface area contributed by atoms with Crippen LogP contribution in [0.5, 0.6) is 0 Å². The summed E-state index contributed by atoms with van der Waals surface area (Å²) in [4.78, 5) is 0. The molecule has 0 unspecified atom stereocenters. The summed E-state index contributed by atoms with van der Waals surface area (Å²) in [7, 11) is -1.47. The molecular weight excluding hydrogens is 244 g/mol. The Bertz CT molecular complexity index is 245. The quantitative estimate of drug-likeness (QED) is 0.601. The van der Waals surface area contributed by atoms with Gasteiger partial charge in [0, 0.05) is 0 Å². The predicted molar refractivity (Wildman–Crippen MR) is 86.1 cm³/mol. The fourth-order valence-electron chi connectivity index (χ4n) is 2.82. The maximum absolute atomic E-state index is 2.48. The highest BCUT2D eigenvalue weighted by atomic mass is 28.3. The minimum Gasteiger partial charge on any atom is -0.0685 e. The fourth-order valence-corrected chi connectivity index (χ4v) is 5.24. The Morgan fingerprint density at radius 1 is 0.737 bits per heavy atom. The fraction of sp³-hybridized carbons (Fsp3) is 0.444. The molecule has 0 spiro atoms. The van der Waals surface area contributed by atoms with Gasteiger partial charge in [-0.2, -0.15) is 0 Å². The van der Waals surface area contributed by atoms with Gasteiger partial charge >= 0.3 is 0 Å². The second-order valence-corrected chi connectivity index (χ2v) is 10.5. The molecule has 1 heteroatoms. The molecule has 0 aromatic heterocycles. The Morgan fingerprint density at radius 2 is 1.16 bits per heavy atom. The first-order chi connectivity index (χ1) is 9.07. The molecule has 2 aliphatic carbocycles. The van der Waals surface area contributed by atoms with Crippen LogP contribution in [0, 0.1) is 61.4 Å². The van der Waals surface area contributed by atoms with Crippen LogP contribution in [0.25, 0.3) is 0 Å². The minimum atomic E-state index is -1.47. The van der Waals surface area contributed by atoms with Crippen molar-refractivity contribution < 1.29 is 0 Å². The van der Waals surface area contributed by atoms with Crippen LogP contribution in [0.3, 0.4) is 0 Å². The summed E-state index contributed by atoms with van der Waals surface area (Å²) in [5, 5.41) is 0. The molecule has 0 nitrogen and oxygen atoms in total. The summed E-state index contributed by atoms with van der Waals surface area (Å²) in [6.45, 7) is 9.46. The van der Waals surface area contributed by atoms with E-state index in [1.165, 1.54) is 37.5 Å². The van der Waals surface area contributed by atoms with Crippen molar-refractivity contribution in [3.63, 3.8) is 0 Å². The van der Waals surface area contributed by atoms with E-state index in [2.05, 4.69) is 65.5 Å². The zero-order valence-corrected chi connectivity index (χ0v) is 13.8. The molecule has 0 aromatic rings. The maximum atomic E-state index is 2.48. The molecule has 0 saturated heterocycles. The minimum absolute atomic E-state index is 1.21. The molecule has 2 fully saturated rings. The molecule has 2 saturated carbocycles. The van der Waals surface area contributed by atoms with Crippen molar-refractivity contribution in [2.45, 2.75) is 52.6 Å². The van der Waals surface area contributed by atoms with Crippen molar-refractivity contribution in [3.8, 4) is 0 Å². The lowest BCUT2D eigenvalue weighted by Crippen LogP contribution is -2.41. The Hall–Kier alpha value is 0.217. The lowest BCUT2D eigenvalue weighted by molar-refractivity contribution is 0.850. The largest absolute Gasteiger partial charge is 0.0685 e. The maximum Gasteiger partial charge on any atom is 0.0618 e. The Kier molecular flexibility index (Phi) is 5.57. The zero-order valence-electron chi connectivity index (χ0n) is 12.8. The van der Waals surface area contributed by atoms with Gasteiger partial charge in [-0.15, -0.1) is 0 Å². The van der Waals surface area contributed by atoms with Gasteiger partial charge in [0.2, 0.25) is 0 Å². The van der Waals surface area contributed by atoms with E-state index < -0.39 is 8.07 Å². The molecule has 2 aliphatic rings. The first-order valence-corrected chi connectivity index (χ1v) is 10.6. The van der Waals surface area contributed by atoms with Crippen molar-refractivity contribution in [1.29, 1.82) is 0 Å². The van der Waals surface area contributed by atoms with Gasteiger partial charge in [0.25, 0.3) is 0 Å². The van der Waals surface area contributed by atoms with Gasteiger partial charge in [-0.3, -0.25) is 0 Å². The summed E-state index contributed by atoms with van der Waals surface area (Å²) in [6, 6.07) is 0. The third kappa shape index (κ3) is 3.65. The first-order valence-electron chi connectivity index (χ1n) is 7.60. The lowest BCUT2D eigenvalue weighted by atomic mass is 10.0. The van der Waals surface area contributed by atoms with Crippen LogP contribution < -0.4 is 0 Å². The average molecular weight is 270 g/mol. The molecule has 102 valence electrons. The van der Waals surface area contributed by atoms with Crippen LogP contribution in [0.1, 0.15) is 39.5 Å². The molecule has 0 aromatic carbocycles. The van der Waals surface area contributed by atoms with Crippen molar-refractivity contribution in [3.05, 3.63) is 61.4 Å². The Labute approximate surface area is 122 Å². The highest BCUT2D eigenvalue weighted by Crippen LogP contribution is 2.48. The van der Waals surface area contributed by atoms with Gasteiger partial charge in [-0.1, -0.05) is 39.8 Å². The molecule has 2 rings (SSSR count). The molecule has 0 bridgehead atoms. The number of hydrogen-bond acceptors (Lipinski definition) is 0. The van der Waals surface area contributed by atoms with Gasteiger partial charge in [-0.25, -0.2) is 0 Å². The molecule has 0 atom stereocenters. The van der Waals surface area contributed by atoms with E-state index in [-0.39, 0.29) is 0 Å². The monoisotopic (exact) mass is 270 g/mol. The molecule has 19 heavy (non-hydrogen) atoms. The van der Waals surface area contributed by atoms with E-state index in [0.717, 1.165) is 0 Å². The third-order valence-corrected chi connectivity index (χ3v) is 7.67. The smallest absolute Gasteiger partial charge is 0.0618 e. The predicted octanol–water partition coefficient (Wildman–Crippen LogP) is 4.92. The second kappa shape index (κ2) is 6.78. The van der Waals surface area contributed by atoms with Gasteiger partial charge in [-0.05, 0) is 74.3 Å². The van der Waals surface area contributed by atoms with Crippen LogP contribution in [0.4, 0.5) is 0 Å². The van der Waals surface area contributed by atoms with Crippen molar-refractivity contribution in [1.82, 2.24) is 0 Å². The topological polar surface area (TPSA) is 0 Å². The first kappa shape index (κ1) is 15.6. The summed E-state index contributed by atoms with van der Waals surface area (Å²) < 4.78 is 0. The molecule has 0 heterocycles. The van der Waals surface area contributed by atoms with Crippen LogP contribution in [0.15, 0.2) is 0 Å². The average Bonchev–Trinajstić information content (AvgIpc) is 2.99. The van der Waals surface area contributed by atoms with Crippen LogP contribution in [0.2, 0.25) is 13.1 Å². The van der Waals surface area contributed by atoms with E-state index >= 15 is 0 Å². The SMILES string of the molecule is CCC[C]1[CH][CH][C]([Si](C)(C)[C]2[CH][CH][C](CCC)[CH]2)[CH]1. The van der Waals surface area contributed by atoms with E-state index in [1.54, 1.807) is 11.1 Å². The normalized spacial score (nSPS) is 24.6. The van der Waals surface area contributed by atoms with Crippen LogP contribution in [-0.4, -0.2) is 8.07 Å². The summed E-state index contributed by atoms with van der Waals surface area (Å²) >= 11 is 0. The van der Waals surface area contributed by atoms with Crippen molar-refractivity contribution >= 4 is 8.07 Å². The molecule has 10 radical (unpaired) electrons. The molecule has 0 N–H and O–H groups in total. The van der Waals surface area contributed by atoms with Gasteiger partial charge < -0.3 is 0 Å². The Balaban J connectivity index is 1.88. The van der Waals surface area contributed by atoms with Crippen LogP contribution in [-0.2, 0) is 0 Å². The van der Waals surface area contributed by atoms with Gasteiger partial charge in [0.05, 0.1) is 8.07 Å². The number of rotatable bonds is 6. The number of hydrogen-bond donors (Lipinski definition) is 0. The van der Waals surface area contributed by atoms with Crippen molar-refractivity contribution in [2.75, 3.05) is 0 Å². The highest BCUT2D eigenvalue weighted by Gasteiger charge is 2.46. The van der Waals surface area contributed by atoms with E-state index in [4.69, 9.17) is 0 Å². The lowest BCUT2D eigenvalue weighted by Gasteiger charge is -2.34. The zero-order chi connectivity index (χ0) is 13.9. The highest BCUT2D eigenvalue weighted by molar-refractivity contribution is 6.89. The van der Waals surface area contributed by atoms with E-state index in [9.17, 15) is 0 Å². The molecule has 0 amide bonds. The summed E-state index contributed by atoms with van der Waals surface area (Å²) in [6.07, 6.45) is 19.2. The van der Waals surface area contributed by atoms with Gasteiger partial charge in [0.1, 0.15) is 0 Å². The third-order valence-electron chi connectivity index (χ3n) is 4.16. The summed E-state index contributed by atoms with van der Waals surface area (Å²) in [5.74, 6) is 3.02. The second-order valence-electron chi connectivity index (χ2n) is 6.14. The van der Waals surface area contributed by atoms with Gasteiger partial charge in [0.15, 0.2) is 0 Å². The standard InChI is InChI=1S/C18H26Si/c1-5-7-15-9-11-17(13-15)19(3,4)18-12-10-16(14-18)8-6-2/h9-14H,5-8H2,1-4H3. The van der Waals surface area contributed by atoms with Crippen LogP contribution >= 0.6 is 0 Å².